The molecule has 0 fully saturated rings. The van der Waals surface area contributed by atoms with Gasteiger partial charge in [0, 0.05) is 19.2 Å². The average Bonchev–Trinajstić information content (AvgIpc) is 2.78. The van der Waals surface area contributed by atoms with Crippen molar-refractivity contribution in [2.24, 2.45) is 0 Å². The SMILES string of the molecule is C=CC[Si](CC=C)(CC=C)C(CCCc1cc2c(cc1O)NCCN2)c1ccccc1. The number of rotatable bonds is 12. The minimum Gasteiger partial charge on any atom is -0.508 e. The van der Waals surface area contributed by atoms with E-state index in [0.29, 0.717) is 11.3 Å². The van der Waals surface area contributed by atoms with Crippen molar-refractivity contribution in [1.82, 2.24) is 0 Å². The third-order valence-electron chi connectivity index (χ3n) is 6.51. The topological polar surface area (TPSA) is 44.3 Å². The summed E-state index contributed by atoms with van der Waals surface area (Å²) in [4.78, 5) is 0. The lowest BCUT2D eigenvalue weighted by molar-refractivity contribution is 0.466. The van der Waals surface area contributed by atoms with Crippen molar-refractivity contribution in [2.45, 2.75) is 42.9 Å². The van der Waals surface area contributed by atoms with Gasteiger partial charge in [-0.25, -0.2) is 0 Å². The Morgan fingerprint density at radius 2 is 1.48 bits per heavy atom. The van der Waals surface area contributed by atoms with Crippen LogP contribution in [0.2, 0.25) is 18.1 Å². The Morgan fingerprint density at radius 1 is 0.903 bits per heavy atom. The van der Waals surface area contributed by atoms with E-state index in [-0.39, 0.29) is 0 Å². The highest BCUT2D eigenvalue weighted by atomic mass is 28.3. The molecule has 0 amide bonds. The zero-order valence-corrected chi connectivity index (χ0v) is 19.6. The van der Waals surface area contributed by atoms with Crippen molar-refractivity contribution in [3.63, 3.8) is 0 Å². The predicted molar refractivity (Wildman–Crippen MR) is 138 cm³/mol. The second-order valence-electron chi connectivity index (χ2n) is 8.58. The van der Waals surface area contributed by atoms with Crippen LogP contribution in [0.15, 0.2) is 80.4 Å². The van der Waals surface area contributed by atoms with Crippen LogP contribution >= 0.6 is 0 Å². The Hall–Kier alpha value is -2.72. The number of fused-ring (bicyclic) bond motifs is 1. The average molecular weight is 433 g/mol. The summed E-state index contributed by atoms with van der Waals surface area (Å²) in [6, 6.07) is 18.1. The normalized spacial score (nSPS) is 13.9. The molecule has 3 nitrogen and oxygen atoms in total. The highest BCUT2D eigenvalue weighted by molar-refractivity contribution is 6.82. The molecule has 0 saturated carbocycles. The summed E-state index contributed by atoms with van der Waals surface area (Å²) in [5.41, 5.74) is 5.02. The molecule has 0 aromatic heterocycles. The van der Waals surface area contributed by atoms with E-state index in [2.05, 4.69) is 85.0 Å². The Kier molecular flexibility index (Phi) is 8.18. The molecule has 3 rings (SSSR count). The maximum absolute atomic E-state index is 10.6. The van der Waals surface area contributed by atoms with Crippen molar-refractivity contribution >= 4 is 19.4 Å². The van der Waals surface area contributed by atoms with Crippen LogP contribution < -0.4 is 10.6 Å². The van der Waals surface area contributed by atoms with E-state index in [0.717, 1.165) is 67.4 Å². The predicted octanol–water partition coefficient (Wildman–Crippen LogP) is 6.88. The maximum atomic E-state index is 10.6. The monoisotopic (exact) mass is 432 g/mol. The van der Waals surface area contributed by atoms with Crippen LogP contribution in [0, 0.1) is 0 Å². The molecular weight excluding hydrogens is 396 g/mol. The summed E-state index contributed by atoms with van der Waals surface area (Å²) in [7, 11) is -1.78. The smallest absolute Gasteiger partial charge is 0.120 e. The van der Waals surface area contributed by atoms with Gasteiger partial charge in [-0.2, -0.15) is 0 Å². The fourth-order valence-corrected chi connectivity index (χ4v) is 9.86. The Bertz CT molecular complexity index is 867. The Labute approximate surface area is 188 Å². The largest absolute Gasteiger partial charge is 0.508 e. The van der Waals surface area contributed by atoms with Crippen LogP contribution in [0.3, 0.4) is 0 Å². The maximum Gasteiger partial charge on any atom is 0.120 e. The number of nitrogens with one attached hydrogen (secondary N) is 2. The van der Waals surface area contributed by atoms with E-state index in [9.17, 15) is 5.11 Å². The first-order valence-corrected chi connectivity index (χ1v) is 14.0. The molecular formula is C27H36N2OSi. The molecule has 2 aromatic carbocycles. The molecule has 0 saturated heterocycles. The third kappa shape index (κ3) is 5.50. The number of phenols is 1. The first-order chi connectivity index (χ1) is 15.1. The lowest BCUT2D eigenvalue weighted by Gasteiger charge is -2.38. The van der Waals surface area contributed by atoms with Crippen molar-refractivity contribution in [3.8, 4) is 5.75 Å². The van der Waals surface area contributed by atoms with Crippen LogP contribution in [-0.4, -0.2) is 26.3 Å². The number of hydrogen-bond donors (Lipinski definition) is 3. The fourth-order valence-electron chi connectivity index (χ4n) is 5.07. The van der Waals surface area contributed by atoms with E-state index < -0.39 is 8.07 Å². The third-order valence-corrected chi connectivity index (χ3v) is 11.9. The molecule has 31 heavy (non-hydrogen) atoms. The van der Waals surface area contributed by atoms with Crippen LogP contribution in [0.5, 0.6) is 5.75 Å². The molecule has 0 aliphatic carbocycles. The van der Waals surface area contributed by atoms with Crippen LogP contribution in [0.4, 0.5) is 11.4 Å². The number of aromatic hydroxyl groups is 1. The number of hydrogen-bond acceptors (Lipinski definition) is 3. The first-order valence-electron chi connectivity index (χ1n) is 11.3. The highest BCUT2D eigenvalue weighted by Gasteiger charge is 2.38. The van der Waals surface area contributed by atoms with Gasteiger partial charge in [0.2, 0.25) is 0 Å². The van der Waals surface area contributed by atoms with E-state index in [1.807, 2.05) is 6.07 Å². The number of anilines is 2. The van der Waals surface area contributed by atoms with Gasteiger partial charge in [-0.3, -0.25) is 0 Å². The van der Waals surface area contributed by atoms with E-state index in [1.54, 1.807) is 0 Å². The minimum absolute atomic E-state index is 0.387. The number of phenolic OH excluding ortho intramolecular Hbond substituents is 1. The van der Waals surface area contributed by atoms with Gasteiger partial charge in [0.15, 0.2) is 0 Å². The molecule has 1 aliphatic rings. The molecule has 1 aliphatic heterocycles. The van der Waals surface area contributed by atoms with Crippen LogP contribution in [0.1, 0.15) is 29.5 Å². The van der Waals surface area contributed by atoms with E-state index in [1.165, 1.54) is 5.56 Å². The number of aryl methyl sites for hydroxylation is 1. The molecule has 1 unspecified atom stereocenters. The molecule has 2 aromatic rings. The van der Waals surface area contributed by atoms with Crippen LogP contribution in [0.25, 0.3) is 0 Å². The van der Waals surface area contributed by atoms with Gasteiger partial charge in [0.05, 0.1) is 19.4 Å². The summed E-state index contributed by atoms with van der Waals surface area (Å²) in [6.45, 7) is 14.1. The Morgan fingerprint density at radius 3 is 2.06 bits per heavy atom. The van der Waals surface area contributed by atoms with E-state index >= 15 is 0 Å². The molecule has 0 spiro atoms. The zero-order valence-electron chi connectivity index (χ0n) is 18.6. The van der Waals surface area contributed by atoms with Crippen molar-refractivity contribution < 1.29 is 5.11 Å². The quantitative estimate of drug-likeness (QED) is 0.194. The summed E-state index contributed by atoms with van der Waals surface area (Å²) in [5.74, 6) is 0.387. The molecule has 164 valence electrons. The number of benzene rings is 2. The van der Waals surface area contributed by atoms with Gasteiger partial charge in [0.25, 0.3) is 0 Å². The fraction of sp³-hybridized carbons (Fsp3) is 0.333. The molecule has 1 heterocycles. The zero-order chi connectivity index (χ0) is 22.1. The summed E-state index contributed by atoms with van der Waals surface area (Å²) in [5, 5.41) is 17.3. The van der Waals surface area contributed by atoms with Gasteiger partial charge < -0.3 is 15.7 Å². The molecule has 4 heteroatoms. The first kappa shape index (κ1) is 23.0. The summed E-state index contributed by atoms with van der Waals surface area (Å²) >= 11 is 0. The molecule has 1 atom stereocenters. The Balaban J connectivity index is 1.83. The lowest BCUT2D eigenvalue weighted by Crippen LogP contribution is -2.40. The minimum atomic E-state index is -1.78. The molecule has 0 radical (unpaired) electrons. The second kappa shape index (κ2) is 11.1. The van der Waals surface area contributed by atoms with E-state index in [4.69, 9.17) is 0 Å². The van der Waals surface area contributed by atoms with Gasteiger partial charge in [0.1, 0.15) is 5.75 Å². The van der Waals surface area contributed by atoms with Gasteiger partial charge >= 0.3 is 0 Å². The number of allylic oxidation sites excluding steroid dienone is 3. The van der Waals surface area contributed by atoms with Crippen molar-refractivity contribution in [2.75, 3.05) is 23.7 Å². The summed E-state index contributed by atoms with van der Waals surface area (Å²) in [6.07, 6.45) is 9.29. The van der Waals surface area contributed by atoms with Crippen LogP contribution in [-0.2, 0) is 6.42 Å². The molecule has 3 N–H and O–H groups in total. The van der Waals surface area contributed by atoms with Gasteiger partial charge in [-0.05, 0) is 60.1 Å². The second-order valence-corrected chi connectivity index (χ2v) is 13.2. The van der Waals surface area contributed by atoms with Gasteiger partial charge in [-0.1, -0.05) is 48.6 Å². The standard InChI is InChI=1S/C27H36N2OSi/c1-4-17-31(18-5-2,19-6-3)27(22-11-8-7-9-12-22)14-10-13-23-20-24-25(21-26(23)30)29-16-15-28-24/h4-9,11-12,20-21,27-30H,1-3,10,13-19H2. The summed E-state index contributed by atoms with van der Waals surface area (Å²) < 4.78 is 0. The molecule has 0 bridgehead atoms. The van der Waals surface area contributed by atoms with Crippen molar-refractivity contribution in [1.29, 1.82) is 0 Å². The van der Waals surface area contributed by atoms with Crippen molar-refractivity contribution in [3.05, 3.63) is 91.6 Å². The lowest BCUT2D eigenvalue weighted by atomic mass is 10.0. The van der Waals surface area contributed by atoms with Gasteiger partial charge in [-0.15, -0.1) is 19.7 Å². The highest BCUT2D eigenvalue weighted by Crippen LogP contribution is 2.41.